The van der Waals surface area contributed by atoms with Crippen LogP contribution in [0.1, 0.15) is 25.3 Å². The number of hydrogen-bond donors (Lipinski definition) is 1. The average Bonchev–Trinajstić information content (AvgIpc) is 2.49. The number of piperidine rings is 1. The van der Waals surface area contributed by atoms with Gasteiger partial charge in [-0.1, -0.05) is 42.4 Å². The van der Waals surface area contributed by atoms with Gasteiger partial charge in [-0.05, 0) is 24.3 Å². The molecule has 1 aliphatic heterocycles. The first-order valence-electron chi connectivity index (χ1n) is 7.41. The van der Waals surface area contributed by atoms with E-state index in [9.17, 15) is 4.79 Å². The number of nitrogens with two attached hydrogens (primary N) is 1. The molecule has 1 aliphatic rings. The molecule has 0 aromatic heterocycles. The van der Waals surface area contributed by atoms with E-state index in [1.54, 1.807) is 0 Å². The molecule has 2 N–H and O–H groups in total. The van der Waals surface area contributed by atoms with Gasteiger partial charge in [-0.3, -0.25) is 4.79 Å². The average molecular weight is 289 g/mol. The second kappa shape index (κ2) is 7.67. The van der Waals surface area contributed by atoms with Crippen LogP contribution in [0.2, 0.25) is 0 Å². The zero-order valence-corrected chi connectivity index (χ0v) is 12.5. The van der Waals surface area contributed by atoms with Crippen molar-refractivity contribution in [3.63, 3.8) is 0 Å². The molecule has 5 nitrogen and oxygen atoms in total. The Hall–Kier alpha value is -2.04. The van der Waals surface area contributed by atoms with E-state index < -0.39 is 0 Å². The number of likely N-dealkylation sites (tertiary alicyclic amines) is 1. The van der Waals surface area contributed by atoms with Crippen LogP contribution >= 0.6 is 0 Å². The molecule has 1 fully saturated rings. The SMILES string of the molecule is CC1CCN(C(=O)CO/N=C(/N)Cc2ccccc2)CC1. The summed E-state index contributed by atoms with van der Waals surface area (Å²) in [4.78, 5) is 18.9. The third-order valence-corrected chi connectivity index (χ3v) is 3.73. The molecular weight excluding hydrogens is 266 g/mol. The molecule has 1 heterocycles. The molecule has 21 heavy (non-hydrogen) atoms. The minimum atomic E-state index is -0.0378. The van der Waals surface area contributed by atoms with Crippen LogP contribution in [0.5, 0.6) is 0 Å². The van der Waals surface area contributed by atoms with Crippen molar-refractivity contribution in [1.29, 1.82) is 0 Å². The summed E-state index contributed by atoms with van der Waals surface area (Å²) in [7, 11) is 0. The van der Waals surface area contributed by atoms with Gasteiger partial charge in [0.05, 0.1) is 0 Å². The number of hydrogen-bond acceptors (Lipinski definition) is 3. The lowest BCUT2D eigenvalue weighted by Gasteiger charge is -2.29. The fraction of sp³-hybridized carbons (Fsp3) is 0.500. The molecule has 1 saturated heterocycles. The Morgan fingerprint density at radius 3 is 2.67 bits per heavy atom. The van der Waals surface area contributed by atoms with Crippen molar-refractivity contribution >= 4 is 11.7 Å². The van der Waals surface area contributed by atoms with Crippen LogP contribution in [0.25, 0.3) is 0 Å². The molecule has 0 aliphatic carbocycles. The predicted octanol–water partition coefficient (Wildman–Crippen LogP) is 1.78. The molecule has 1 aromatic carbocycles. The Balaban J connectivity index is 1.72. The van der Waals surface area contributed by atoms with Crippen LogP contribution in [0, 0.1) is 5.92 Å². The normalized spacial score (nSPS) is 16.8. The Kier molecular flexibility index (Phi) is 5.60. The molecule has 2 rings (SSSR count). The number of nitrogens with zero attached hydrogens (tertiary/aromatic N) is 2. The van der Waals surface area contributed by atoms with Gasteiger partial charge in [0.25, 0.3) is 5.91 Å². The molecule has 0 saturated carbocycles. The molecule has 5 heteroatoms. The number of carbonyl (C=O) groups excluding carboxylic acids is 1. The zero-order chi connectivity index (χ0) is 15.1. The van der Waals surface area contributed by atoms with Crippen LogP contribution in [-0.4, -0.2) is 36.3 Å². The Bertz CT molecular complexity index is 480. The number of amides is 1. The molecule has 0 atom stereocenters. The van der Waals surface area contributed by atoms with Crippen LogP contribution in [0.4, 0.5) is 0 Å². The first-order chi connectivity index (χ1) is 10.1. The monoisotopic (exact) mass is 289 g/mol. The maximum Gasteiger partial charge on any atom is 0.263 e. The van der Waals surface area contributed by atoms with E-state index in [0.717, 1.165) is 31.5 Å². The van der Waals surface area contributed by atoms with Gasteiger partial charge in [0.1, 0.15) is 5.84 Å². The molecule has 1 amide bonds. The van der Waals surface area contributed by atoms with Gasteiger partial charge < -0.3 is 15.5 Å². The highest BCUT2D eigenvalue weighted by Gasteiger charge is 2.20. The first kappa shape index (κ1) is 15.4. The molecule has 0 spiro atoms. The summed E-state index contributed by atoms with van der Waals surface area (Å²) in [5, 5.41) is 3.82. The number of carbonyl (C=O) groups is 1. The quantitative estimate of drug-likeness (QED) is 0.510. The van der Waals surface area contributed by atoms with Gasteiger partial charge in [0.15, 0.2) is 6.61 Å². The maximum absolute atomic E-state index is 11.9. The molecule has 1 aromatic rings. The summed E-state index contributed by atoms with van der Waals surface area (Å²) >= 11 is 0. The van der Waals surface area contributed by atoms with Gasteiger partial charge in [-0.15, -0.1) is 0 Å². The van der Waals surface area contributed by atoms with E-state index in [2.05, 4.69) is 12.1 Å². The minimum absolute atomic E-state index is 0.0156. The third-order valence-electron chi connectivity index (χ3n) is 3.73. The highest BCUT2D eigenvalue weighted by Crippen LogP contribution is 2.15. The highest BCUT2D eigenvalue weighted by atomic mass is 16.6. The maximum atomic E-state index is 11.9. The zero-order valence-electron chi connectivity index (χ0n) is 12.5. The van der Waals surface area contributed by atoms with E-state index in [1.165, 1.54) is 0 Å². The largest absolute Gasteiger partial charge is 0.384 e. The fourth-order valence-electron chi connectivity index (χ4n) is 2.36. The van der Waals surface area contributed by atoms with Crippen LogP contribution in [0.3, 0.4) is 0 Å². The van der Waals surface area contributed by atoms with E-state index >= 15 is 0 Å². The van der Waals surface area contributed by atoms with Gasteiger partial charge in [0.2, 0.25) is 0 Å². The van der Waals surface area contributed by atoms with Crippen molar-refractivity contribution in [3.8, 4) is 0 Å². The summed E-state index contributed by atoms with van der Waals surface area (Å²) in [6, 6.07) is 9.80. The molecular formula is C16H23N3O2. The van der Waals surface area contributed by atoms with E-state index in [1.807, 2.05) is 35.2 Å². The van der Waals surface area contributed by atoms with Crippen LogP contribution in [-0.2, 0) is 16.1 Å². The predicted molar refractivity (Wildman–Crippen MR) is 82.7 cm³/mol. The second-order valence-corrected chi connectivity index (χ2v) is 5.58. The fourth-order valence-corrected chi connectivity index (χ4v) is 2.36. The summed E-state index contributed by atoms with van der Waals surface area (Å²) in [5.74, 6) is 1.06. The van der Waals surface area contributed by atoms with Crippen molar-refractivity contribution < 1.29 is 9.63 Å². The van der Waals surface area contributed by atoms with Crippen LogP contribution < -0.4 is 5.73 Å². The van der Waals surface area contributed by atoms with E-state index in [0.29, 0.717) is 18.2 Å². The number of amidine groups is 1. The van der Waals surface area contributed by atoms with Crippen LogP contribution in [0.15, 0.2) is 35.5 Å². The smallest absolute Gasteiger partial charge is 0.263 e. The van der Waals surface area contributed by atoms with Crippen molar-refractivity contribution in [2.75, 3.05) is 19.7 Å². The van der Waals surface area contributed by atoms with E-state index in [-0.39, 0.29) is 12.5 Å². The molecule has 0 bridgehead atoms. The second-order valence-electron chi connectivity index (χ2n) is 5.58. The van der Waals surface area contributed by atoms with Crippen molar-refractivity contribution in [2.24, 2.45) is 16.8 Å². The minimum Gasteiger partial charge on any atom is -0.384 e. The number of oxime groups is 1. The lowest BCUT2D eigenvalue weighted by atomic mass is 9.99. The standard InChI is InChI=1S/C16H23N3O2/c1-13-7-9-19(10-8-13)16(20)12-21-18-15(17)11-14-5-3-2-4-6-14/h2-6,13H,7-12H2,1H3,(H2,17,18). The Morgan fingerprint density at radius 2 is 2.00 bits per heavy atom. The van der Waals surface area contributed by atoms with E-state index in [4.69, 9.17) is 10.6 Å². The number of benzene rings is 1. The van der Waals surface area contributed by atoms with Crippen molar-refractivity contribution in [3.05, 3.63) is 35.9 Å². The van der Waals surface area contributed by atoms with Gasteiger partial charge in [0, 0.05) is 19.5 Å². The van der Waals surface area contributed by atoms with Gasteiger partial charge in [-0.2, -0.15) is 0 Å². The lowest BCUT2D eigenvalue weighted by Crippen LogP contribution is -2.39. The third kappa shape index (κ3) is 5.10. The molecule has 114 valence electrons. The van der Waals surface area contributed by atoms with Gasteiger partial charge >= 0.3 is 0 Å². The molecule has 0 radical (unpaired) electrons. The topological polar surface area (TPSA) is 67.9 Å². The van der Waals surface area contributed by atoms with Gasteiger partial charge in [-0.25, -0.2) is 0 Å². The lowest BCUT2D eigenvalue weighted by molar-refractivity contribution is -0.137. The summed E-state index contributed by atoms with van der Waals surface area (Å²) in [6.07, 6.45) is 2.65. The Labute approximate surface area is 125 Å². The Morgan fingerprint density at radius 1 is 1.33 bits per heavy atom. The number of rotatable bonds is 5. The first-order valence-corrected chi connectivity index (χ1v) is 7.41. The molecule has 0 unspecified atom stereocenters. The summed E-state index contributed by atoms with van der Waals surface area (Å²) in [6.45, 7) is 3.80. The summed E-state index contributed by atoms with van der Waals surface area (Å²) < 4.78 is 0. The summed E-state index contributed by atoms with van der Waals surface area (Å²) in [5.41, 5.74) is 6.86. The van der Waals surface area contributed by atoms with Crippen molar-refractivity contribution in [2.45, 2.75) is 26.2 Å². The van der Waals surface area contributed by atoms with Crippen molar-refractivity contribution in [1.82, 2.24) is 4.90 Å². The highest BCUT2D eigenvalue weighted by molar-refractivity contribution is 5.82.